The van der Waals surface area contributed by atoms with Crippen LogP contribution in [0.15, 0.2) is 59.1 Å². The van der Waals surface area contributed by atoms with Crippen LogP contribution in [0.25, 0.3) is 0 Å². The second-order valence-corrected chi connectivity index (χ2v) is 7.01. The van der Waals surface area contributed by atoms with Crippen LogP contribution in [0.5, 0.6) is 0 Å². The Bertz CT molecular complexity index is 632. The van der Waals surface area contributed by atoms with Gasteiger partial charge in [-0.15, -0.1) is 11.3 Å². The monoisotopic (exact) mass is 331 g/mol. The molecule has 3 nitrogen and oxygen atoms in total. The van der Waals surface area contributed by atoms with Crippen molar-refractivity contribution >= 4 is 28.2 Å². The van der Waals surface area contributed by atoms with Crippen molar-refractivity contribution in [2.75, 3.05) is 12.4 Å². The van der Waals surface area contributed by atoms with Crippen molar-refractivity contribution in [3.63, 3.8) is 0 Å². The number of nitrogens with zero attached hydrogens (tertiary/aromatic N) is 1. The Morgan fingerprint density at radius 1 is 1.36 bits per heavy atom. The maximum absolute atomic E-state index is 4.27. The minimum Gasteiger partial charge on any atom is -0.375 e. The fourth-order valence-electron chi connectivity index (χ4n) is 1.88. The summed E-state index contributed by atoms with van der Waals surface area (Å²) < 4.78 is 0. The lowest BCUT2D eigenvalue weighted by molar-refractivity contribution is 0.873. The molecule has 0 spiro atoms. The van der Waals surface area contributed by atoms with Gasteiger partial charge in [0.15, 0.2) is 5.13 Å². The molecule has 1 aromatic carbocycles. The third-order valence-corrected chi connectivity index (χ3v) is 5.07. The number of aromatic nitrogens is 1. The predicted octanol–water partition coefficient (Wildman–Crippen LogP) is 4.63. The summed E-state index contributed by atoms with van der Waals surface area (Å²) in [6.07, 6.45) is 4.98. The molecule has 0 atom stereocenters. The van der Waals surface area contributed by atoms with Gasteiger partial charge in [0.2, 0.25) is 0 Å². The van der Waals surface area contributed by atoms with Crippen LogP contribution >= 0.6 is 23.1 Å². The van der Waals surface area contributed by atoms with E-state index in [4.69, 9.17) is 0 Å². The van der Waals surface area contributed by atoms with Crippen molar-refractivity contribution in [2.24, 2.45) is 0 Å². The third kappa shape index (κ3) is 5.24. The Morgan fingerprint density at radius 2 is 2.14 bits per heavy atom. The molecule has 1 aromatic heterocycles. The van der Waals surface area contributed by atoms with Crippen LogP contribution in [0.3, 0.4) is 0 Å². The molecule has 1 heterocycles. The minimum absolute atomic E-state index is 0.757. The van der Waals surface area contributed by atoms with Gasteiger partial charge < -0.3 is 10.6 Å². The van der Waals surface area contributed by atoms with Crippen molar-refractivity contribution in [1.82, 2.24) is 10.3 Å². The van der Waals surface area contributed by atoms with E-state index in [9.17, 15) is 0 Å². The summed E-state index contributed by atoms with van der Waals surface area (Å²) in [5, 5.41) is 8.30. The number of rotatable bonds is 8. The molecule has 0 aliphatic carbocycles. The normalized spacial score (nSPS) is 11.3. The summed E-state index contributed by atoms with van der Waals surface area (Å²) in [5.74, 6) is 0. The Morgan fingerprint density at radius 3 is 2.77 bits per heavy atom. The molecule has 0 aliphatic rings. The van der Waals surface area contributed by atoms with Crippen LogP contribution in [0.2, 0.25) is 0 Å². The summed E-state index contributed by atoms with van der Waals surface area (Å²) in [5.41, 5.74) is 1.32. The van der Waals surface area contributed by atoms with E-state index in [0.717, 1.165) is 23.1 Å². The average molecular weight is 332 g/mol. The lowest BCUT2D eigenvalue weighted by Gasteiger charge is -2.11. The van der Waals surface area contributed by atoms with Crippen molar-refractivity contribution in [1.29, 1.82) is 0 Å². The second kappa shape index (κ2) is 8.66. The van der Waals surface area contributed by atoms with Crippen molar-refractivity contribution in [3.8, 4) is 0 Å². The van der Waals surface area contributed by atoms with Gasteiger partial charge in [-0.1, -0.05) is 54.7 Å². The van der Waals surface area contributed by atoms with Crippen LogP contribution in [-0.2, 0) is 13.0 Å². The molecule has 0 saturated carbocycles. The third-order valence-electron chi connectivity index (χ3n) is 3.02. The summed E-state index contributed by atoms with van der Waals surface area (Å²) in [6.45, 7) is 6.93. The van der Waals surface area contributed by atoms with Gasteiger partial charge in [0.25, 0.3) is 0 Å². The summed E-state index contributed by atoms with van der Waals surface area (Å²) in [7, 11) is 1.88. The van der Waals surface area contributed by atoms with E-state index in [0.29, 0.717) is 0 Å². The van der Waals surface area contributed by atoms with Gasteiger partial charge in [0.05, 0.1) is 11.6 Å². The molecule has 2 N–H and O–H groups in total. The Labute approximate surface area is 140 Å². The van der Waals surface area contributed by atoms with Gasteiger partial charge in [-0.25, -0.2) is 4.98 Å². The minimum atomic E-state index is 0.757. The zero-order chi connectivity index (χ0) is 15.8. The van der Waals surface area contributed by atoms with E-state index >= 15 is 0 Å². The number of allylic oxidation sites excluding steroid dienone is 2. The number of thioether (sulfide) groups is 1. The van der Waals surface area contributed by atoms with Crippen molar-refractivity contribution in [2.45, 2.75) is 19.9 Å². The highest BCUT2D eigenvalue weighted by Crippen LogP contribution is 2.26. The highest BCUT2D eigenvalue weighted by Gasteiger charge is 2.04. The highest BCUT2D eigenvalue weighted by molar-refractivity contribution is 8.06. The zero-order valence-electron chi connectivity index (χ0n) is 12.9. The number of hydrogen-bond donors (Lipinski definition) is 2. The molecule has 5 heteroatoms. The number of thiazole rings is 1. The van der Waals surface area contributed by atoms with E-state index < -0.39 is 0 Å². The fraction of sp³-hybridized carbons (Fsp3) is 0.235. The highest BCUT2D eigenvalue weighted by atomic mass is 32.2. The smallest absolute Gasteiger partial charge is 0.182 e. The summed E-state index contributed by atoms with van der Waals surface area (Å²) in [6, 6.07) is 10.5. The molecule has 0 bridgehead atoms. The lowest BCUT2D eigenvalue weighted by Crippen LogP contribution is -2.08. The fourth-order valence-corrected chi connectivity index (χ4v) is 3.40. The Balaban J connectivity index is 1.82. The van der Waals surface area contributed by atoms with Gasteiger partial charge >= 0.3 is 0 Å². The molecule has 0 unspecified atom stereocenters. The number of benzene rings is 1. The SMILES string of the molecule is C=C(NCc1cnc(NC)s1)S/C(=C\C)Cc1ccccc1. The molecule has 0 saturated heterocycles. The first-order chi connectivity index (χ1) is 10.7. The lowest BCUT2D eigenvalue weighted by atomic mass is 10.1. The standard InChI is InChI=1S/C17H21N3S2/c1-4-15(10-14-8-6-5-7-9-14)21-13(2)19-11-16-12-20-17(18-3)22-16/h4-9,12,19H,2,10-11H2,1,3H3,(H,18,20)/b15-4-. The maximum Gasteiger partial charge on any atom is 0.182 e. The molecule has 0 amide bonds. The van der Waals surface area contributed by atoms with Crippen LogP contribution in [0.1, 0.15) is 17.4 Å². The van der Waals surface area contributed by atoms with Gasteiger partial charge in [-0.3, -0.25) is 0 Å². The van der Waals surface area contributed by atoms with E-state index in [-0.39, 0.29) is 0 Å². The Hall–Kier alpha value is -1.72. The van der Waals surface area contributed by atoms with Crippen LogP contribution in [0, 0.1) is 0 Å². The van der Waals surface area contributed by atoms with Crippen molar-refractivity contribution < 1.29 is 0 Å². The van der Waals surface area contributed by atoms with Crippen LogP contribution in [-0.4, -0.2) is 12.0 Å². The quantitative estimate of drug-likeness (QED) is 0.740. The van der Waals surface area contributed by atoms with E-state index in [1.54, 1.807) is 23.1 Å². The van der Waals surface area contributed by atoms with E-state index in [1.807, 2.05) is 19.3 Å². The summed E-state index contributed by atoms with van der Waals surface area (Å²) in [4.78, 5) is 6.75. The molecule has 116 valence electrons. The van der Waals surface area contributed by atoms with Gasteiger partial charge in [0, 0.05) is 24.5 Å². The van der Waals surface area contributed by atoms with Crippen molar-refractivity contribution in [3.05, 3.63) is 69.6 Å². The molecule has 0 radical (unpaired) electrons. The van der Waals surface area contributed by atoms with E-state index in [2.05, 4.69) is 59.5 Å². The molecule has 2 rings (SSSR count). The number of nitrogens with one attached hydrogen (secondary N) is 2. The van der Waals surface area contributed by atoms with Crippen LogP contribution < -0.4 is 10.6 Å². The van der Waals surface area contributed by atoms with Gasteiger partial charge in [0.1, 0.15) is 0 Å². The van der Waals surface area contributed by atoms with Gasteiger partial charge in [-0.2, -0.15) is 0 Å². The Kier molecular flexibility index (Phi) is 6.55. The maximum atomic E-state index is 4.27. The first kappa shape index (κ1) is 16.6. The molecule has 2 aromatic rings. The summed E-state index contributed by atoms with van der Waals surface area (Å²) >= 11 is 3.35. The van der Waals surface area contributed by atoms with E-state index in [1.165, 1.54) is 15.3 Å². The predicted molar refractivity (Wildman–Crippen MR) is 99.1 cm³/mol. The molecular weight excluding hydrogens is 310 g/mol. The molecule has 22 heavy (non-hydrogen) atoms. The van der Waals surface area contributed by atoms with Gasteiger partial charge in [-0.05, 0) is 17.4 Å². The average Bonchev–Trinajstić information content (AvgIpc) is 3.01. The topological polar surface area (TPSA) is 37.0 Å². The number of hydrogen-bond acceptors (Lipinski definition) is 5. The van der Waals surface area contributed by atoms with Crippen LogP contribution in [0.4, 0.5) is 5.13 Å². The largest absolute Gasteiger partial charge is 0.375 e. The zero-order valence-corrected chi connectivity index (χ0v) is 14.6. The first-order valence-electron chi connectivity index (χ1n) is 7.13. The molecule has 0 fully saturated rings. The number of anilines is 1. The molecular formula is C17H21N3S2. The first-order valence-corrected chi connectivity index (χ1v) is 8.76. The molecule has 0 aliphatic heterocycles. The second-order valence-electron chi connectivity index (χ2n) is 4.68.